The number of nitrogens with zero attached hydrogens (tertiary/aromatic N) is 4. The zero-order valence-corrected chi connectivity index (χ0v) is 14.3. The van der Waals surface area contributed by atoms with Gasteiger partial charge in [-0.2, -0.15) is 0 Å². The van der Waals surface area contributed by atoms with Crippen molar-refractivity contribution in [2.45, 2.75) is 25.4 Å². The van der Waals surface area contributed by atoms with E-state index in [4.69, 9.17) is 0 Å². The van der Waals surface area contributed by atoms with E-state index in [1.807, 2.05) is 30.7 Å². The van der Waals surface area contributed by atoms with Crippen molar-refractivity contribution in [3.8, 4) is 0 Å². The first-order valence-corrected chi connectivity index (χ1v) is 8.38. The van der Waals surface area contributed by atoms with Gasteiger partial charge in [-0.15, -0.1) is 0 Å². The molecule has 4 heteroatoms. The molecule has 0 N–H and O–H groups in total. The molecule has 23 heavy (non-hydrogen) atoms. The molecule has 0 radical (unpaired) electrons. The molecular formula is C19H26N4. The van der Waals surface area contributed by atoms with Crippen LogP contribution in [0, 0.1) is 5.92 Å². The molecular weight excluding hydrogens is 284 g/mol. The van der Waals surface area contributed by atoms with Crippen molar-refractivity contribution in [1.29, 1.82) is 0 Å². The summed E-state index contributed by atoms with van der Waals surface area (Å²) in [5.74, 6) is 0.625. The highest BCUT2D eigenvalue weighted by Gasteiger charge is 2.34. The number of hydrogen-bond acceptors (Lipinski definition) is 4. The molecule has 122 valence electrons. The summed E-state index contributed by atoms with van der Waals surface area (Å²) in [6.45, 7) is 4.46. The Morgan fingerprint density at radius 2 is 2.13 bits per heavy atom. The Balaban J connectivity index is 1.71. The van der Waals surface area contributed by atoms with Crippen LogP contribution >= 0.6 is 0 Å². The van der Waals surface area contributed by atoms with Crippen LogP contribution in [0.25, 0.3) is 0 Å². The maximum Gasteiger partial charge on any atom is 0.0572 e. The Bertz CT molecular complexity index is 601. The minimum Gasteiger partial charge on any atom is -0.299 e. The van der Waals surface area contributed by atoms with Gasteiger partial charge in [0.1, 0.15) is 0 Å². The fourth-order valence-corrected chi connectivity index (χ4v) is 3.67. The number of likely N-dealkylation sites (tertiary alicyclic amines) is 1. The third-order valence-electron chi connectivity index (χ3n) is 5.10. The maximum atomic E-state index is 4.50. The third kappa shape index (κ3) is 3.59. The summed E-state index contributed by atoms with van der Waals surface area (Å²) in [6.07, 6.45) is 6.97. The van der Waals surface area contributed by atoms with Gasteiger partial charge >= 0.3 is 0 Å². The molecule has 0 amide bonds. The second kappa shape index (κ2) is 7.20. The maximum absolute atomic E-state index is 4.50. The normalized spacial score (nSPS) is 23.3. The van der Waals surface area contributed by atoms with Gasteiger partial charge in [-0.05, 0) is 63.7 Å². The first-order valence-electron chi connectivity index (χ1n) is 8.38. The molecule has 0 bridgehead atoms. The van der Waals surface area contributed by atoms with Crippen molar-refractivity contribution >= 4 is 0 Å². The van der Waals surface area contributed by atoms with Gasteiger partial charge in [-0.25, -0.2) is 0 Å². The lowest BCUT2D eigenvalue weighted by atomic mass is 9.94. The zero-order valence-electron chi connectivity index (χ0n) is 14.3. The molecule has 2 aromatic heterocycles. The van der Waals surface area contributed by atoms with E-state index in [-0.39, 0.29) is 0 Å². The minimum absolute atomic E-state index is 0.330. The summed E-state index contributed by atoms with van der Waals surface area (Å²) in [5, 5.41) is 0. The molecule has 4 nitrogen and oxygen atoms in total. The second-order valence-corrected chi connectivity index (χ2v) is 6.63. The van der Waals surface area contributed by atoms with Crippen LogP contribution in [0.15, 0.2) is 48.9 Å². The van der Waals surface area contributed by atoms with Crippen LogP contribution in [0.4, 0.5) is 0 Å². The molecule has 1 aliphatic rings. The van der Waals surface area contributed by atoms with Crippen molar-refractivity contribution in [3.05, 3.63) is 60.2 Å². The Kier molecular flexibility index (Phi) is 5.03. The van der Waals surface area contributed by atoms with Crippen molar-refractivity contribution in [2.24, 2.45) is 5.92 Å². The summed E-state index contributed by atoms with van der Waals surface area (Å²) in [5.41, 5.74) is 2.47. The van der Waals surface area contributed by atoms with Gasteiger partial charge in [-0.3, -0.25) is 19.8 Å². The fraction of sp³-hybridized carbons (Fsp3) is 0.474. The molecule has 0 spiro atoms. The minimum atomic E-state index is 0.330. The Morgan fingerprint density at radius 1 is 1.26 bits per heavy atom. The third-order valence-corrected chi connectivity index (χ3v) is 5.10. The molecule has 3 atom stereocenters. The van der Waals surface area contributed by atoms with Crippen molar-refractivity contribution in [1.82, 2.24) is 19.8 Å². The summed E-state index contributed by atoms with van der Waals surface area (Å²) >= 11 is 0. The van der Waals surface area contributed by atoms with Crippen LogP contribution in [0.1, 0.15) is 36.7 Å². The van der Waals surface area contributed by atoms with Crippen LogP contribution in [0.3, 0.4) is 0 Å². The molecule has 1 fully saturated rings. The largest absolute Gasteiger partial charge is 0.299 e. The lowest BCUT2D eigenvalue weighted by molar-refractivity contribution is 0.183. The van der Waals surface area contributed by atoms with Crippen LogP contribution in [0.5, 0.6) is 0 Å². The van der Waals surface area contributed by atoms with E-state index < -0.39 is 0 Å². The highest BCUT2D eigenvalue weighted by molar-refractivity contribution is 5.17. The van der Waals surface area contributed by atoms with Gasteiger partial charge in [0.05, 0.1) is 5.69 Å². The Morgan fingerprint density at radius 3 is 2.83 bits per heavy atom. The van der Waals surface area contributed by atoms with Crippen molar-refractivity contribution in [3.63, 3.8) is 0 Å². The summed E-state index contributed by atoms with van der Waals surface area (Å²) < 4.78 is 0. The number of rotatable bonds is 5. The predicted molar refractivity (Wildman–Crippen MR) is 93.0 cm³/mol. The van der Waals surface area contributed by atoms with Gasteiger partial charge in [-0.1, -0.05) is 12.1 Å². The molecule has 2 aromatic rings. The van der Waals surface area contributed by atoms with Crippen LogP contribution in [0.2, 0.25) is 0 Å². The zero-order chi connectivity index (χ0) is 16.2. The smallest absolute Gasteiger partial charge is 0.0572 e. The molecule has 0 saturated carbocycles. The predicted octanol–water partition coefficient (Wildman–Crippen LogP) is 3.16. The monoisotopic (exact) mass is 310 g/mol. The van der Waals surface area contributed by atoms with E-state index in [1.165, 1.54) is 12.0 Å². The standard InChI is InChI=1S/C19H26N4/c1-15(18-8-4-5-11-21-18)23(3)14-17-9-12-22(2)19(17)16-7-6-10-20-13-16/h4-8,10-11,13,15,17,19H,9,12,14H2,1-3H3/t15-,17+,19+/m1/s1. The average molecular weight is 310 g/mol. The molecule has 1 aliphatic heterocycles. The highest BCUT2D eigenvalue weighted by Crippen LogP contribution is 2.37. The average Bonchev–Trinajstić information content (AvgIpc) is 2.96. The number of hydrogen-bond donors (Lipinski definition) is 0. The van der Waals surface area contributed by atoms with Crippen molar-refractivity contribution < 1.29 is 0 Å². The van der Waals surface area contributed by atoms with Gasteiger partial charge in [0.15, 0.2) is 0 Å². The molecule has 3 heterocycles. The van der Waals surface area contributed by atoms with Crippen LogP contribution in [-0.4, -0.2) is 47.0 Å². The highest BCUT2D eigenvalue weighted by atomic mass is 15.2. The molecule has 1 saturated heterocycles. The number of pyridine rings is 2. The van der Waals surface area contributed by atoms with E-state index in [2.05, 4.69) is 59.0 Å². The summed E-state index contributed by atoms with van der Waals surface area (Å²) in [6, 6.07) is 11.2. The van der Waals surface area contributed by atoms with Crippen molar-refractivity contribution in [2.75, 3.05) is 27.2 Å². The lowest BCUT2D eigenvalue weighted by Crippen LogP contribution is -2.32. The quantitative estimate of drug-likeness (QED) is 0.849. The van der Waals surface area contributed by atoms with Gasteiger partial charge in [0.2, 0.25) is 0 Å². The van der Waals surface area contributed by atoms with Gasteiger partial charge < -0.3 is 0 Å². The molecule has 0 unspecified atom stereocenters. The van der Waals surface area contributed by atoms with Crippen LogP contribution in [-0.2, 0) is 0 Å². The lowest BCUT2D eigenvalue weighted by Gasteiger charge is -2.31. The topological polar surface area (TPSA) is 32.3 Å². The Hall–Kier alpha value is -1.78. The molecule has 3 rings (SSSR count). The first kappa shape index (κ1) is 16.1. The summed E-state index contributed by atoms with van der Waals surface area (Å²) in [7, 11) is 4.43. The second-order valence-electron chi connectivity index (χ2n) is 6.63. The van der Waals surface area contributed by atoms with E-state index in [1.54, 1.807) is 0 Å². The van der Waals surface area contributed by atoms with E-state index in [9.17, 15) is 0 Å². The molecule has 0 aliphatic carbocycles. The van der Waals surface area contributed by atoms with Crippen LogP contribution < -0.4 is 0 Å². The fourth-order valence-electron chi connectivity index (χ4n) is 3.67. The van der Waals surface area contributed by atoms with E-state index in [0.29, 0.717) is 18.0 Å². The number of aromatic nitrogens is 2. The molecule has 0 aromatic carbocycles. The Labute approximate surface area is 139 Å². The van der Waals surface area contributed by atoms with E-state index in [0.717, 1.165) is 18.8 Å². The SMILES string of the molecule is C[C@H](c1ccccn1)N(C)C[C@@H]1CCN(C)[C@H]1c1cccnc1. The van der Waals surface area contributed by atoms with E-state index >= 15 is 0 Å². The summed E-state index contributed by atoms with van der Waals surface area (Å²) in [4.78, 5) is 13.7. The van der Waals surface area contributed by atoms with Gasteiger partial charge in [0, 0.05) is 37.2 Å². The van der Waals surface area contributed by atoms with Gasteiger partial charge in [0.25, 0.3) is 0 Å². The first-order chi connectivity index (χ1) is 11.2.